The number of aliphatic carboxylic acids is 1. The molecule has 25 heavy (non-hydrogen) atoms. The highest BCUT2D eigenvalue weighted by Gasteiger charge is 2.38. The maximum Gasteiger partial charge on any atom is 0.490 e. The second-order valence-corrected chi connectivity index (χ2v) is 4.65. The number of ether oxygens (including phenoxy) is 1. The maximum absolute atomic E-state index is 11.6. The van der Waals surface area contributed by atoms with Gasteiger partial charge in [0.2, 0.25) is 0 Å². The molecule has 3 N–H and O–H groups in total. The monoisotopic (exact) mass is 363 g/mol. The molecule has 0 fully saturated rings. The van der Waals surface area contributed by atoms with Gasteiger partial charge in [-0.2, -0.15) is 13.2 Å². The second-order valence-electron chi connectivity index (χ2n) is 4.65. The Labute approximate surface area is 139 Å². The number of hydrogen-bond donors (Lipinski definition) is 3. The molecule has 2 aromatic heterocycles. The van der Waals surface area contributed by atoms with Crippen LogP contribution in [0.15, 0.2) is 18.5 Å². The first kappa shape index (κ1) is 20.2. The summed E-state index contributed by atoms with van der Waals surface area (Å²) >= 11 is 0. The van der Waals surface area contributed by atoms with Gasteiger partial charge in [0.15, 0.2) is 5.82 Å². The number of carbonyl (C=O) groups excluding carboxylic acids is 1. The van der Waals surface area contributed by atoms with E-state index in [0.29, 0.717) is 17.9 Å². The summed E-state index contributed by atoms with van der Waals surface area (Å²) in [6.07, 6.45) is -1.75. The Morgan fingerprint density at radius 1 is 1.40 bits per heavy atom. The van der Waals surface area contributed by atoms with Gasteiger partial charge in [-0.25, -0.2) is 14.6 Å². The van der Waals surface area contributed by atoms with E-state index in [2.05, 4.69) is 10.3 Å². The van der Waals surface area contributed by atoms with Crippen LogP contribution in [0.5, 0.6) is 0 Å². The topological polar surface area (TPSA) is 114 Å². The minimum absolute atomic E-state index is 0.0202. The SMILES string of the molecule is COC(=O)c1cn(C)c2c(NCCO)nccc12.O=C(O)C(F)(F)F. The van der Waals surface area contributed by atoms with Gasteiger partial charge in [0.05, 0.1) is 24.8 Å². The standard InChI is InChI=1S/C12H15N3O3.C2HF3O2/c1-15-7-9(12(17)18-2)8-3-4-13-11(10(8)15)14-5-6-16;3-2(4,5)1(6)7/h3-4,7,16H,5-6H2,1-2H3,(H,13,14);(H,6,7). The highest BCUT2D eigenvalue weighted by atomic mass is 19.4. The molecule has 2 aromatic rings. The number of carbonyl (C=O) groups is 2. The fraction of sp³-hybridized carbons (Fsp3) is 0.357. The van der Waals surface area contributed by atoms with Gasteiger partial charge in [-0.3, -0.25) is 0 Å². The molecule has 0 aliphatic heterocycles. The number of rotatable bonds is 4. The molecule has 0 aliphatic rings. The number of aryl methyl sites for hydroxylation is 1. The van der Waals surface area contributed by atoms with E-state index in [1.165, 1.54) is 7.11 Å². The smallest absolute Gasteiger partial charge is 0.475 e. The van der Waals surface area contributed by atoms with Crippen molar-refractivity contribution in [3.05, 3.63) is 24.0 Å². The quantitative estimate of drug-likeness (QED) is 0.704. The van der Waals surface area contributed by atoms with Crippen molar-refractivity contribution in [2.75, 3.05) is 25.6 Å². The molecule has 0 radical (unpaired) electrons. The third-order valence-corrected chi connectivity index (χ3v) is 2.94. The summed E-state index contributed by atoms with van der Waals surface area (Å²) in [6, 6.07) is 1.77. The molecule has 2 heterocycles. The van der Waals surface area contributed by atoms with Gasteiger partial charge >= 0.3 is 18.1 Å². The van der Waals surface area contributed by atoms with Crippen molar-refractivity contribution in [3.63, 3.8) is 0 Å². The third kappa shape index (κ3) is 5.08. The van der Waals surface area contributed by atoms with E-state index in [9.17, 15) is 18.0 Å². The summed E-state index contributed by atoms with van der Waals surface area (Å²) in [5.41, 5.74) is 1.32. The van der Waals surface area contributed by atoms with Gasteiger partial charge in [-0.15, -0.1) is 0 Å². The molecular weight excluding hydrogens is 347 g/mol. The normalized spacial score (nSPS) is 10.8. The fourth-order valence-electron chi connectivity index (χ4n) is 1.93. The first-order valence-corrected chi connectivity index (χ1v) is 6.80. The molecule has 0 bridgehead atoms. The summed E-state index contributed by atoms with van der Waals surface area (Å²) in [6.45, 7) is 0.428. The van der Waals surface area contributed by atoms with Crippen molar-refractivity contribution in [2.45, 2.75) is 6.18 Å². The van der Waals surface area contributed by atoms with Crippen LogP contribution in [0.25, 0.3) is 10.9 Å². The number of nitrogens with zero attached hydrogens (tertiary/aromatic N) is 2. The highest BCUT2D eigenvalue weighted by molar-refractivity contribution is 6.06. The van der Waals surface area contributed by atoms with E-state index >= 15 is 0 Å². The van der Waals surface area contributed by atoms with E-state index in [0.717, 1.165) is 10.9 Å². The number of nitrogens with one attached hydrogen (secondary N) is 1. The Hall–Kier alpha value is -2.82. The first-order chi connectivity index (χ1) is 11.6. The summed E-state index contributed by atoms with van der Waals surface area (Å²) in [7, 11) is 3.19. The van der Waals surface area contributed by atoms with Gasteiger partial charge < -0.3 is 24.8 Å². The van der Waals surface area contributed by atoms with Gasteiger partial charge in [0, 0.05) is 31.4 Å². The zero-order valence-electron chi connectivity index (χ0n) is 13.3. The van der Waals surface area contributed by atoms with Gasteiger partial charge in [0.25, 0.3) is 0 Å². The minimum Gasteiger partial charge on any atom is -0.475 e. The molecule has 8 nitrogen and oxygen atoms in total. The minimum atomic E-state index is -5.08. The van der Waals surface area contributed by atoms with Crippen LogP contribution in [-0.2, 0) is 16.6 Å². The average molecular weight is 363 g/mol. The van der Waals surface area contributed by atoms with E-state index in [4.69, 9.17) is 19.7 Å². The number of halogens is 3. The first-order valence-electron chi connectivity index (χ1n) is 6.80. The summed E-state index contributed by atoms with van der Waals surface area (Å²) in [4.78, 5) is 24.8. The number of anilines is 1. The Morgan fingerprint density at radius 2 is 2.00 bits per heavy atom. The maximum atomic E-state index is 11.6. The molecule has 0 aromatic carbocycles. The number of aliphatic hydroxyl groups is 1. The Morgan fingerprint density at radius 3 is 2.48 bits per heavy atom. The molecule has 138 valence electrons. The number of aliphatic hydroxyl groups excluding tert-OH is 1. The molecule has 0 aliphatic carbocycles. The van der Waals surface area contributed by atoms with Crippen LogP contribution in [0, 0.1) is 0 Å². The lowest BCUT2D eigenvalue weighted by Gasteiger charge is -2.06. The molecule has 0 amide bonds. The summed E-state index contributed by atoms with van der Waals surface area (Å²) in [5, 5.41) is 19.7. The largest absolute Gasteiger partial charge is 0.490 e. The molecule has 0 spiro atoms. The number of carboxylic acid groups (broad SMARTS) is 1. The zero-order valence-corrected chi connectivity index (χ0v) is 13.3. The van der Waals surface area contributed by atoms with Crippen molar-refractivity contribution in [3.8, 4) is 0 Å². The number of carboxylic acids is 1. The van der Waals surface area contributed by atoms with Gasteiger partial charge in [-0.1, -0.05) is 0 Å². The van der Waals surface area contributed by atoms with Crippen LogP contribution in [0.1, 0.15) is 10.4 Å². The fourth-order valence-corrected chi connectivity index (χ4v) is 1.93. The predicted molar refractivity (Wildman–Crippen MR) is 81.3 cm³/mol. The van der Waals surface area contributed by atoms with Crippen LogP contribution >= 0.6 is 0 Å². The second kappa shape index (κ2) is 8.33. The van der Waals surface area contributed by atoms with E-state index in [-0.39, 0.29) is 12.6 Å². The molecule has 0 saturated heterocycles. The van der Waals surface area contributed by atoms with E-state index in [1.54, 1.807) is 18.5 Å². The Kier molecular flexibility index (Phi) is 6.74. The molecule has 0 saturated carbocycles. The van der Waals surface area contributed by atoms with Crippen LogP contribution in [0.4, 0.5) is 19.0 Å². The van der Waals surface area contributed by atoms with Crippen molar-refractivity contribution in [1.82, 2.24) is 9.55 Å². The number of esters is 1. The lowest BCUT2D eigenvalue weighted by atomic mass is 10.2. The number of fused-ring (bicyclic) bond motifs is 1. The van der Waals surface area contributed by atoms with Crippen LogP contribution in [0.2, 0.25) is 0 Å². The van der Waals surface area contributed by atoms with Crippen LogP contribution < -0.4 is 5.32 Å². The number of methoxy groups -OCH3 is 1. The van der Waals surface area contributed by atoms with Crippen molar-refractivity contribution in [2.24, 2.45) is 7.05 Å². The number of hydrogen-bond acceptors (Lipinski definition) is 6. The summed E-state index contributed by atoms with van der Waals surface area (Å²) < 4.78 is 38.3. The Balaban J connectivity index is 0.000000381. The summed E-state index contributed by atoms with van der Waals surface area (Å²) in [5.74, 6) is -2.49. The van der Waals surface area contributed by atoms with Crippen molar-refractivity contribution >= 4 is 28.7 Å². The lowest BCUT2D eigenvalue weighted by molar-refractivity contribution is -0.192. The van der Waals surface area contributed by atoms with Crippen LogP contribution in [0.3, 0.4) is 0 Å². The van der Waals surface area contributed by atoms with Crippen molar-refractivity contribution < 1.29 is 37.7 Å². The van der Waals surface area contributed by atoms with E-state index < -0.39 is 12.1 Å². The number of pyridine rings is 1. The average Bonchev–Trinajstić information content (AvgIpc) is 2.89. The van der Waals surface area contributed by atoms with Crippen molar-refractivity contribution in [1.29, 1.82) is 0 Å². The van der Waals surface area contributed by atoms with E-state index in [1.807, 2.05) is 11.6 Å². The highest BCUT2D eigenvalue weighted by Crippen LogP contribution is 2.26. The molecule has 0 unspecified atom stereocenters. The molecule has 11 heteroatoms. The molecule has 2 rings (SSSR count). The third-order valence-electron chi connectivity index (χ3n) is 2.94. The zero-order chi connectivity index (χ0) is 19.2. The Bertz CT molecular complexity index is 758. The predicted octanol–water partition coefficient (Wildman–Crippen LogP) is 1.40. The molecule has 0 atom stereocenters. The van der Waals surface area contributed by atoms with Crippen LogP contribution in [-0.4, -0.2) is 58.1 Å². The molecular formula is C14H16F3N3O5. The lowest BCUT2D eigenvalue weighted by Crippen LogP contribution is -2.21. The number of aromatic nitrogens is 2. The van der Waals surface area contributed by atoms with Gasteiger partial charge in [0.1, 0.15) is 0 Å². The number of alkyl halides is 3. The van der Waals surface area contributed by atoms with Gasteiger partial charge in [-0.05, 0) is 6.07 Å².